The normalized spacial score (nSPS) is 10.0. The van der Waals surface area contributed by atoms with Crippen LogP contribution in [0.15, 0.2) is 40.9 Å². The number of anilines is 1. The molecular formula is C14H9BrClFN2. The van der Waals surface area contributed by atoms with Crippen molar-refractivity contribution in [3.05, 3.63) is 62.8 Å². The minimum atomic E-state index is -0.289. The van der Waals surface area contributed by atoms with Gasteiger partial charge in [0, 0.05) is 16.6 Å². The van der Waals surface area contributed by atoms with Gasteiger partial charge in [-0.1, -0.05) is 27.5 Å². The summed E-state index contributed by atoms with van der Waals surface area (Å²) in [5.74, 6) is -0.289. The van der Waals surface area contributed by atoms with Gasteiger partial charge in [0.2, 0.25) is 0 Å². The summed E-state index contributed by atoms with van der Waals surface area (Å²) in [6, 6.07) is 11.7. The SMILES string of the molecule is N#Cc1ccc(Cl)c(NCc2cc(Br)ccc2F)c1. The monoisotopic (exact) mass is 338 g/mol. The van der Waals surface area contributed by atoms with E-state index in [1.165, 1.54) is 6.07 Å². The number of nitriles is 1. The van der Waals surface area contributed by atoms with Crippen LogP contribution in [-0.2, 0) is 6.54 Å². The molecule has 0 heterocycles. The molecule has 0 aliphatic rings. The number of benzene rings is 2. The van der Waals surface area contributed by atoms with Gasteiger partial charge < -0.3 is 5.32 Å². The van der Waals surface area contributed by atoms with E-state index in [0.717, 1.165) is 4.47 Å². The van der Waals surface area contributed by atoms with E-state index in [2.05, 4.69) is 21.2 Å². The second-order valence-corrected chi connectivity index (χ2v) is 5.22. The van der Waals surface area contributed by atoms with Gasteiger partial charge in [-0.25, -0.2) is 4.39 Å². The zero-order chi connectivity index (χ0) is 13.8. The molecule has 0 amide bonds. The van der Waals surface area contributed by atoms with E-state index < -0.39 is 0 Å². The molecule has 0 unspecified atom stereocenters. The third-order valence-corrected chi connectivity index (χ3v) is 3.40. The van der Waals surface area contributed by atoms with E-state index >= 15 is 0 Å². The highest BCUT2D eigenvalue weighted by Crippen LogP contribution is 2.24. The van der Waals surface area contributed by atoms with Crippen LogP contribution in [0.5, 0.6) is 0 Å². The van der Waals surface area contributed by atoms with Crippen LogP contribution < -0.4 is 5.32 Å². The van der Waals surface area contributed by atoms with Gasteiger partial charge in [0.15, 0.2) is 0 Å². The maximum atomic E-state index is 13.6. The number of nitrogens with one attached hydrogen (secondary N) is 1. The number of nitrogens with zero attached hydrogens (tertiary/aromatic N) is 1. The predicted molar refractivity (Wildman–Crippen MR) is 77.6 cm³/mol. The lowest BCUT2D eigenvalue weighted by Crippen LogP contribution is -2.02. The summed E-state index contributed by atoms with van der Waals surface area (Å²) in [5.41, 5.74) is 1.63. The van der Waals surface area contributed by atoms with Crippen molar-refractivity contribution in [2.24, 2.45) is 0 Å². The van der Waals surface area contributed by atoms with Crippen LogP contribution in [-0.4, -0.2) is 0 Å². The van der Waals surface area contributed by atoms with Crippen LogP contribution in [0.2, 0.25) is 5.02 Å². The Bertz CT molecular complexity index is 652. The Balaban J connectivity index is 2.19. The molecule has 2 aromatic carbocycles. The summed E-state index contributed by atoms with van der Waals surface area (Å²) in [7, 11) is 0. The molecule has 5 heteroatoms. The molecule has 0 aliphatic heterocycles. The van der Waals surface area contributed by atoms with E-state index in [9.17, 15) is 4.39 Å². The average molecular weight is 340 g/mol. The first kappa shape index (κ1) is 13.9. The van der Waals surface area contributed by atoms with Crippen LogP contribution in [0.25, 0.3) is 0 Å². The third kappa shape index (κ3) is 3.46. The van der Waals surface area contributed by atoms with Crippen molar-refractivity contribution >= 4 is 33.2 Å². The van der Waals surface area contributed by atoms with E-state index in [1.807, 2.05) is 6.07 Å². The molecule has 2 aromatic rings. The number of hydrogen-bond donors (Lipinski definition) is 1. The molecule has 0 bridgehead atoms. The zero-order valence-electron chi connectivity index (χ0n) is 9.75. The highest BCUT2D eigenvalue weighted by molar-refractivity contribution is 9.10. The molecule has 0 atom stereocenters. The van der Waals surface area contributed by atoms with Gasteiger partial charge >= 0.3 is 0 Å². The predicted octanol–water partition coefficient (Wildman–Crippen LogP) is 4.73. The van der Waals surface area contributed by atoms with Crippen molar-refractivity contribution < 1.29 is 4.39 Å². The Morgan fingerprint density at radius 2 is 2.05 bits per heavy atom. The lowest BCUT2D eigenvalue weighted by molar-refractivity contribution is 0.612. The van der Waals surface area contributed by atoms with Gasteiger partial charge in [0.05, 0.1) is 22.3 Å². The summed E-state index contributed by atoms with van der Waals surface area (Å²) >= 11 is 9.31. The number of hydrogen-bond acceptors (Lipinski definition) is 2. The maximum absolute atomic E-state index is 13.6. The Morgan fingerprint density at radius 3 is 2.79 bits per heavy atom. The van der Waals surface area contributed by atoms with Crippen molar-refractivity contribution in [1.29, 1.82) is 5.26 Å². The van der Waals surface area contributed by atoms with Crippen molar-refractivity contribution in [2.75, 3.05) is 5.32 Å². The highest BCUT2D eigenvalue weighted by atomic mass is 79.9. The van der Waals surface area contributed by atoms with Crippen molar-refractivity contribution in [3.63, 3.8) is 0 Å². The van der Waals surface area contributed by atoms with E-state index in [0.29, 0.717) is 28.4 Å². The Labute approximate surface area is 123 Å². The Kier molecular flexibility index (Phi) is 4.41. The van der Waals surface area contributed by atoms with Crippen molar-refractivity contribution in [3.8, 4) is 6.07 Å². The van der Waals surface area contributed by atoms with Gasteiger partial charge in [-0.2, -0.15) is 5.26 Å². The summed E-state index contributed by atoms with van der Waals surface area (Å²) in [6.45, 7) is 0.292. The summed E-state index contributed by atoms with van der Waals surface area (Å²) in [4.78, 5) is 0. The molecule has 2 nitrogen and oxygen atoms in total. The van der Waals surface area contributed by atoms with Gasteiger partial charge in [-0.05, 0) is 36.4 Å². The Morgan fingerprint density at radius 1 is 1.26 bits per heavy atom. The first-order chi connectivity index (χ1) is 9.10. The van der Waals surface area contributed by atoms with Gasteiger partial charge in [-0.15, -0.1) is 0 Å². The molecule has 0 aliphatic carbocycles. The molecule has 0 radical (unpaired) electrons. The molecule has 0 saturated carbocycles. The fraction of sp³-hybridized carbons (Fsp3) is 0.0714. The summed E-state index contributed by atoms with van der Waals surface area (Å²) in [5, 5.41) is 12.4. The minimum Gasteiger partial charge on any atom is -0.380 e. The Hall–Kier alpha value is -1.57. The van der Waals surface area contributed by atoms with Crippen LogP contribution in [0, 0.1) is 17.1 Å². The largest absolute Gasteiger partial charge is 0.380 e. The summed E-state index contributed by atoms with van der Waals surface area (Å²) < 4.78 is 14.4. The van der Waals surface area contributed by atoms with Gasteiger partial charge in [-0.3, -0.25) is 0 Å². The second kappa shape index (κ2) is 6.05. The molecular weight excluding hydrogens is 331 g/mol. The van der Waals surface area contributed by atoms with Gasteiger partial charge in [0.1, 0.15) is 5.82 Å². The first-order valence-corrected chi connectivity index (χ1v) is 6.64. The number of rotatable bonds is 3. The zero-order valence-corrected chi connectivity index (χ0v) is 12.1. The topological polar surface area (TPSA) is 35.8 Å². The van der Waals surface area contributed by atoms with Crippen LogP contribution >= 0.6 is 27.5 Å². The standard InChI is InChI=1S/C14H9BrClFN2/c15-11-2-4-13(17)10(6-11)8-19-14-5-9(7-18)1-3-12(14)16/h1-6,19H,8H2. The van der Waals surface area contributed by atoms with Crippen LogP contribution in [0.1, 0.15) is 11.1 Å². The average Bonchev–Trinajstić information content (AvgIpc) is 2.41. The van der Waals surface area contributed by atoms with Gasteiger partial charge in [0.25, 0.3) is 0 Å². The summed E-state index contributed by atoms with van der Waals surface area (Å²) in [6.07, 6.45) is 0. The first-order valence-electron chi connectivity index (χ1n) is 5.47. The second-order valence-electron chi connectivity index (χ2n) is 3.90. The number of halogens is 3. The molecule has 0 fully saturated rings. The van der Waals surface area contributed by atoms with Crippen LogP contribution in [0.3, 0.4) is 0 Å². The van der Waals surface area contributed by atoms with Crippen LogP contribution in [0.4, 0.5) is 10.1 Å². The molecule has 19 heavy (non-hydrogen) atoms. The van der Waals surface area contributed by atoms with Crippen molar-refractivity contribution in [1.82, 2.24) is 0 Å². The molecule has 1 N–H and O–H groups in total. The fourth-order valence-electron chi connectivity index (χ4n) is 1.60. The molecule has 0 aromatic heterocycles. The lowest BCUT2D eigenvalue weighted by Gasteiger charge is -2.10. The highest BCUT2D eigenvalue weighted by Gasteiger charge is 2.05. The van der Waals surface area contributed by atoms with Crippen molar-refractivity contribution in [2.45, 2.75) is 6.54 Å². The van der Waals surface area contributed by atoms with E-state index in [-0.39, 0.29) is 5.82 Å². The molecule has 0 saturated heterocycles. The van der Waals surface area contributed by atoms with E-state index in [4.69, 9.17) is 16.9 Å². The van der Waals surface area contributed by atoms with E-state index in [1.54, 1.807) is 30.3 Å². The fourth-order valence-corrected chi connectivity index (χ4v) is 2.19. The molecule has 0 spiro atoms. The maximum Gasteiger partial charge on any atom is 0.128 e. The quantitative estimate of drug-likeness (QED) is 0.878. The molecule has 2 rings (SSSR count). The lowest BCUT2D eigenvalue weighted by atomic mass is 10.2. The smallest absolute Gasteiger partial charge is 0.128 e. The minimum absolute atomic E-state index is 0.289. The molecule has 96 valence electrons. The third-order valence-electron chi connectivity index (χ3n) is 2.57.